The highest BCUT2D eigenvalue weighted by Gasteiger charge is 2.09. The molecule has 0 spiro atoms. The van der Waals surface area contributed by atoms with Crippen molar-refractivity contribution in [2.75, 3.05) is 0 Å². The zero-order valence-electron chi connectivity index (χ0n) is 10.7. The standard InChI is InChI=1S/C14H11Br2FN2O2/c15-11-5-8(14(20)19-18)1-2-9(11)7-21-13-4-3-10(17)6-12(13)16/h1-6H,7,18H2,(H,19,20). The van der Waals surface area contributed by atoms with Gasteiger partial charge in [0, 0.05) is 15.6 Å². The van der Waals surface area contributed by atoms with E-state index in [1.807, 2.05) is 0 Å². The van der Waals surface area contributed by atoms with E-state index in [9.17, 15) is 9.18 Å². The normalized spacial score (nSPS) is 10.3. The van der Waals surface area contributed by atoms with Crippen molar-refractivity contribution in [3.8, 4) is 5.75 Å². The molecule has 3 N–H and O–H groups in total. The molecule has 0 fully saturated rings. The third kappa shape index (κ3) is 4.03. The number of hydrazine groups is 1. The van der Waals surface area contributed by atoms with Crippen LogP contribution in [0.1, 0.15) is 15.9 Å². The van der Waals surface area contributed by atoms with Crippen molar-refractivity contribution >= 4 is 37.8 Å². The molecular weight excluding hydrogens is 407 g/mol. The summed E-state index contributed by atoms with van der Waals surface area (Å²) in [7, 11) is 0. The van der Waals surface area contributed by atoms with Crippen molar-refractivity contribution in [3.05, 3.63) is 62.3 Å². The molecule has 0 aliphatic rings. The Hall–Kier alpha value is -1.44. The molecule has 0 saturated carbocycles. The number of ether oxygens (including phenoxy) is 1. The molecule has 110 valence electrons. The van der Waals surface area contributed by atoms with Gasteiger partial charge in [0.2, 0.25) is 0 Å². The van der Waals surface area contributed by atoms with Crippen LogP contribution < -0.4 is 16.0 Å². The van der Waals surface area contributed by atoms with Crippen molar-refractivity contribution in [1.29, 1.82) is 0 Å². The largest absolute Gasteiger partial charge is 0.488 e. The van der Waals surface area contributed by atoms with E-state index in [1.165, 1.54) is 12.1 Å². The number of nitrogens with one attached hydrogen (secondary N) is 1. The van der Waals surface area contributed by atoms with E-state index in [0.29, 0.717) is 15.8 Å². The highest BCUT2D eigenvalue weighted by molar-refractivity contribution is 9.10. The van der Waals surface area contributed by atoms with Crippen LogP contribution >= 0.6 is 31.9 Å². The first-order valence-electron chi connectivity index (χ1n) is 5.88. The third-order valence-corrected chi connectivity index (χ3v) is 4.08. The minimum atomic E-state index is -0.371. The van der Waals surface area contributed by atoms with Crippen molar-refractivity contribution < 1.29 is 13.9 Å². The molecular formula is C14H11Br2FN2O2. The molecule has 2 aromatic rings. The second-order valence-electron chi connectivity index (χ2n) is 4.14. The fourth-order valence-corrected chi connectivity index (χ4v) is 2.60. The number of hydrogen-bond donors (Lipinski definition) is 2. The Bertz CT molecular complexity index is 680. The van der Waals surface area contributed by atoms with Crippen molar-refractivity contribution in [2.45, 2.75) is 6.61 Å². The molecule has 2 rings (SSSR count). The average molecular weight is 418 g/mol. The van der Waals surface area contributed by atoms with Gasteiger partial charge < -0.3 is 4.74 Å². The van der Waals surface area contributed by atoms with Gasteiger partial charge in [0.05, 0.1) is 4.47 Å². The summed E-state index contributed by atoms with van der Waals surface area (Å²) in [4.78, 5) is 11.4. The zero-order valence-corrected chi connectivity index (χ0v) is 13.9. The predicted octanol–water partition coefficient (Wildman–Crippen LogP) is 3.53. The summed E-state index contributed by atoms with van der Waals surface area (Å²) in [6, 6.07) is 9.25. The van der Waals surface area contributed by atoms with Crippen LogP contribution in [0.4, 0.5) is 4.39 Å². The maximum absolute atomic E-state index is 13.0. The quantitative estimate of drug-likeness (QED) is 0.454. The fourth-order valence-electron chi connectivity index (χ4n) is 1.64. The summed E-state index contributed by atoms with van der Waals surface area (Å²) >= 11 is 6.61. The average Bonchev–Trinajstić information content (AvgIpc) is 2.46. The van der Waals surface area contributed by atoms with E-state index in [0.717, 1.165) is 10.0 Å². The van der Waals surface area contributed by atoms with E-state index in [-0.39, 0.29) is 18.3 Å². The van der Waals surface area contributed by atoms with E-state index in [2.05, 4.69) is 37.3 Å². The number of halogens is 3. The zero-order chi connectivity index (χ0) is 15.4. The number of rotatable bonds is 4. The Morgan fingerprint density at radius 2 is 1.95 bits per heavy atom. The predicted molar refractivity (Wildman–Crippen MR) is 84.2 cm³/mol. The molecule has 0 aliphatic heterocycles. The van der Waals surface area contributed by atoms with Crippen LogP contribution in [-0.4, -0.2) is 5.91 Å². The lowest BCUT2D eigenvalue weighted by molar-refractivity contribution is 0.0953. The van der Waals surface area contributed by atoms with Crippen LogP contribution in [0.25, 0.3) is 0 Å². The van der Waals surface area contributed by atoms with Crippen molar-refractivity contribution in [3.63, 3.8) is 0 Å². The molecule has 0 radical (unpaired) electrons. The highest BCUT2D eigenvalue weighted by atomic mass is 79.9. The monoisotopic (exact) mass is 416 g/mol. The number of carbonyl (C=O) groups excluding carboxylic acids is 1. The van der Waals surface area contributed by atoms with Gasteiger partial charge in [-0.1, -0.05) is 22.0 Å². The van der Waals surface area contributed by atoms with Gasteiger partial charge in [-0.05, 0) is 46.3 Å². The second kappa shape index (κ2) is 7.02. The van der Waals surface area contributed by atoms with Gasteiger partial charge in [-0.15, -0.1) is 0 Å². The highest BCUT2D eigenvalue weighted by Crippen LogP contribution is 2.27. The third-order valence-electron chi connectivity index (χ3n) is 2.72. The van der Waals surface area contributed by atoms with Gasteiger partial charge in [-0.2, -0.15) is 0 Å². The smallest absolute Gasteiger partial charge is 0.265 e. The van der Waals surface area contributed by atoms with Crippen molar-refractivity contribution in [2.24, 2.45) is 5.84 Å². The lowest BCUT2D eigenvalue weighted by Crippen LogP contribution is -2.29. The SMILES string of the molecule is NNC(=O)c1ccc(COc2ccc(F)cc2Br)c(Br)c1. The Morgan fingerprint density at radius 1 is 1.19 bits per heavy atom. The molecule has 21 heavy (non-hydrogen) atoms. The van der Waals surface area contributed by atoms with Gasteiger partial charge in [-0.3, -0.25) is 10.2 Å². The van der Waals surface area contributed by atoms with Gasteiger partial charge in [0.1, 0.15) is 18.2 Å². The molecule has 0 atom stereocenters. The first-order chi connectivity index (χ1) is 10.0. The Kier molecular flexibility index (Phi) is 5.33. The molecule has 0 unspecified atom stereocenters. The number of nitrogens with two attached hydrogens (primary N) is 1. The first-order valence-corrected chi connectivity index (χ1v) is 7.47. The summed E-state index contributed by atoms with van der Waals surface area (Å²) in [5.74, 6) is 4.90. The fraction of sp³-hybridized carbons (Fsp3) is 0.0714. The van der Waals surface area contributed by atoms with E-state index >= 15 is 0 Å². The molecule has 4 nitrogen and oxygen atoms in total. The number of hydrogen-bond acceptors (Lipinski definition) is 3. The van der Waals surface area contributed by atoms with Crippen LogP contribution in [0.2, 0.25) is 0 Å². The van der Waals surface area contributed by atoms with Gasteiger partial charge >= 0.3 is 0 Å². The molecule has 2 aromatic carbocycles. The molecule has 0 heterocycles. The summed E-state index contributed by atoms with van der Waals surface area (Å²) in [5, 5.41) is 0. The molecule has 0 aromatic heterocycles. The van der Waals surface area contributed by atoms with Crippen molar-refractivity contribution in [1.82, 2.24) is 5.43 Å². The second-order valence-corrected chi connectivity index (χ2v) is 5.85. The van der Waals surface area contributed by atoms with E-state index in [4.69, 9.17) is 10.6 Å². The van der Waals surface area contributed by atoms with E-state index in [1.54, 1.807) is 24.3 Å². The van der Waals surface area contributed by atoms with E-state index < -0.39 is 0 Å². The van der Waals surface area contributed by atoms with Crippen LogP contribution in [0, 0.1) is 5.82 Å². The molecule has 0 saturated heterocycles. The summed E-state index contributed by atoms with van der Waals surface area (Å²) in [5.41, 5.74) is 3.35. The minimum absolute atomic E-state index is 0.273. The first kappa shape index (κ1) is 15.9. The molecule has 0 aliphatic carbocycles. The lowest BCUT2D eigenvalue weighted by Gasteiger charge is -2.10. The van der Waals surface area contributed by atoms with Crippen LogP contribution in [0.3, 0.4) is 0 Å². The molecule has 1 amide bonds. The Labute approximate surface area is 137 Å². The maximum atomic E-state index is 13.0. The topological polar surface area (TPSA) is 64.3 Å². The number of nitrogen functional groups attached to an aromatic ring is 1. The van der Waals surface area contributed by atoms with Crippen LogP contribution in [0.15, 0.2) is 45.3 Å². The number of benzene rings is 2. The summed E-state index contributed by atoms with van der Waals surface area (Å²) < 4.78 is 19.9. The van der Waals surface area contributed by atoms with Crippen LogP contribution in [0.5, 0.6) is 5.75 Å². The molecule has 7 heteroatoms. The number of amides is 1. The lowest BCUT2D eigenvalue weighted by atomic mass is 10.1. The maximum Gasteiger partial charge on any atom is 0.265 e. The molecule has 0 bridgehead atoms. The summed E-state index contributed by atoms with van der Waals surface area (Å²) in [6.45, 7) is 0.273. The minimum Gasteiger partial charge on any atom is -0.488 e. The van der Waals surface area contributed by atoms with Gasteiger partial charge in [-0.25, -0.2) is 10.2 Å². The van der Waals surface area contributed by atoms with Gasteiger partial charge in [0.15, 0.2) is 0 Å². The Morgan fingerprint density at radius 3 is 2.57 bits per heavy atom. The van der Waals surface area contributed by atoms with Crippen LogP contribution in [-0.2, 0) is 6.61 Å². The summed E-state index contributed by atoms with van der Waals surface area (Å²) in [6.07, 6.45) is 0. The van der Waals surface area contributed by atoms with Gasteiger partial charge in [0.25, 0.3) is 5.91 Å². The number of carbonyl (C=O) groups is 1. The Balaban J connectivity index is 2.11.